The molecule has 0 aliphatic rings. The normalized spacial score (nSPS) is 15.2. The zero-order valence-corrected chi connectivity index (χ0v) is 11.7. The lowest BCUT2D eigenvalue weighted by atomic mass is 9.77. The second-order valence-electron chi connectivity index (χ2n) is 4.90. The van der Waals surface area contributed by atoms with E-state index in [-0.39, 0.29) is 0 Å². The zero-order valence-electron chi connectivity index (χ0n) is 10.9. The minimum atomic E-state index is 0.450. The minimum Gasteiger partial charge on any atom is -0.126 e. The molecule has 0 aromatic rings. The number of hydrogen-bond donors (Lipinski definition) is 0. The van der Waals surface area contributed by atoms with Crippen LogP contribution in [0.4, 0.5) is 0 Å². The molecule has 0 saturated heterocycles. The number of hydrogen-bond acceptors (Lipinski definition) is 0. The second-order valence-corrected chi connectivity index (χ2v) is 5.17. The Kier molecular flexibility index (Phi) is 9.70. The summed E-state index contributed by atoms with van der Waals surface area (Å²) in [6.07, 6.45) is 12.0. The Morgan fingerprint density at radius 2 is 1.40 bits per heavy atom. The first-order valence-electron chi connectivity index (χ1n) is 6.80. The van der Waals surface area contributed by atoms with Gasteiger partial charge in [0.2, 0.25) is 0 Å². The van der Waals surface area contributed by atoms with Crippen LogP contribution < -0.4 is 0 Å². The van der Waals surface area contributed by atoms with Gasteiger partial charge < -0.3 is 0 Å². The van der Waals surface area contributed by atoms with Gasteiger partial charge in [-0.15, -0.1) is 11.6 Å². The summed E-state index contributed by atoms with van der Waals surface area (Å²) in [6, 6.07) is 0. The summed E-state index contributed by atoms with van der Waals surface area (Å²) in [5, 5.41) is 0. The molecule has 92 valence electrons. The topological polar surface area (TPSA) is 0 Å². The maximum Gasteiger partial charge on any atom is 0.0279 e. The van der Waals surface area contributed by atoms with Crippen molar-refractivity contribution in [2.24, 2.45) is 5.41 Å². The third kappa shape index (κ3) is 6.45. The Morgan fingerprint density at radius 3 is 1.87 bits per heavy atom. The maximum atomic E-state index is 6.17. The Hall–Kier alpha value is 0.290. The van der Waals surface area contributed by atoms with Gasteiger partial charge >= 0.3 is 0 Å². The monoisotopic (exact) mass is 232 g/mol. The lowest BCUT2D eigenvalue weighted by Crippen LogP contribution is -2.22. The van der Waals surface area contributed by atoms with E-state index >= 15 is 0 Å². The molecule has 1 heteroatoms. The van der Waals surface area contributed by atoms with E-state index in [1.165, 1.54) is 57.8 Å². The molecule has 0 bridgehead atoms. The van der Waals surface area contributed by atoms with Crippen LogP contribution in [0.5, 0.6) is 0 Å². The van der Waals surface area contributed by atoms with Crippen molar-refractivity contribution in [3.8, 4) is 0 Å². The van der Waals surface area contributed by atoms with E-state index in [1.54, 1.807) is 0 Å². The molecule has 0 radical (unpaired) electrons. The SMILES string of the molecule is CCCCCCC(CC)(CCl)CCCC. The van der Waals surface area contributed by atoms with E-state index in [2.05, 4.69) is 20.8 Å². The van der Waals surface area contributed by atoms with E-state index in [1.807, 2.05) is 0 Å². The summed E-state index contributed by atoms with van der Waals surface area (Å²) in [6.45, 7) is 6.84. The summed E-state index contributed by atoms with van der Waals surface area (Å²) in [7, 11) is 0. The highest BCUT2D eigenvalue weighted by atomic mass is 35.5. The second kappa shape index (κ2) is 9.51. The van der Waals surface area contributed by atoms with E-state index in [0.29, 0.717) is 5.41 Å². The number of rotatable bonds is 10. The van der Waals surface area contributed by atoms with Crippen molar-refractivity contribution in [2.75, 3.05) is 5.88 Å². The maximum absolute atomic E-state index is 6.17. The van der Waals surface area contributed by atoms with Crippen molar-refractivity contribution in [3.05, 3.63) is 0 Å². The number of halogens is 1. The molecule has 0 N–H and O–H groups in total. The van der Waals surface area contributed by atoms with Gasteiger partial charge in [0.05, 0.1) is 0 Å². The van der Waals surface area contributed by atoms with Crippen molar-refractivity contribution in [1.82, 2.24) is 0 Å². The lowest BCUT2D eigenvalue weighted by molar-refractivity contribution is 0.249. The highest BCUT2D eigenvalue weighted by molar-refractivity contribution is 6.18. The largest absolute Gasteiger partial charge is 0.126 e. The summed E-state index contributed by atoms with van der Waals surface area (Å²) in [4.78, 5) is 0. The van der Waals surface area contributed by atoms with Crippen LogP contribution in [0.1, 0.15) is 78.6 Å². The average Bonchev–Trinajstić information content (AvgIpc) is 2.29. The van der Waals surface area contributed by atoms with Crippen LogP contribution in [0.2, 0.25) is 0 Å². The van der Waals surface area contributed by atoms with Gasteiger partial charge in [0.15, 0.2) is 0 Å². The standard InChI is InChI=1S/C14H29Cl/c1-4-7-9-10-12-14(6-3,13-15)11-8-5-2/h4-13H2,1-3H3. The first-order chi connectivity index (χ1) is 7.24. The van der Waals surface area contributed by atoms with Gasteiger partial charge in [0.1, 0.15) is 0 Å². The van der Waals surface area contributed by atoms with Crippen LogP contribution in [-0.4, -0.2) is 5.88 Å². The molecule has 0 aromatic heterocycles. The highest BCUT2D eigenvalue weighted by Crippen LogP contribution is 2.36. The predicted molar refractivity (Wildman–Crippen MR) is 71.7 cm³/mol. The van der Waals surface area contributed by atoms with Gasteiger partial charge in [-0.2, -0.15) is 0 Å². The smallest absolute Gasteiger partial charge is 0.0279 e. The fourth-order valence-corrected chi connectivity index (χ4v) is 2.64. The van der Waals surface area contributed by atoms with Crippen molar-refractivity contribution < 1.29 is 0 Å². The Bertz CT molecular complexity index is 127. The van der Waals surface area contributed by atoms with Gasteiger partial charge in [0.25, 0.3) is 0 Å². The fraction of sp³-hybridized carbons (Fsp3) is 1.00. The van der Waals surface area contributed by atoms with Crippen LogP contribution in [0.25, 0.3) is 0 Å². The van der Waals surface area contributed by atoms with Crippen molar-refractivity contribution >= 4 is 11.6 Å². The van der Waals surface area contributed by atoms with E-state index in [9.17, 15) is 0 Å². The van der Waals surface area contributed by atoms with Gasteiger partial charge in [-0.25, -0.2) is 0 Å². The third-order valence-corrected chi connectivity index (χ3v) is 4.22. The highest BCUT2D eigenvalue weighted by Gasteiger charge is 2.25. The molecule has 0 fully saturated rings. The van der Waals surface area contributed by atoms with Crippen molar-refractivity contribution in [3.63, 3.8) is 0 Å². The minimum absolute atomic E-state index is 0.450. The molecular weight excluding hydrogens is 204 g/mol. The van der Waals surface area contributed by atoms with Crippen LogP contribution in [0.15, 0.2) is 0 Å². The Labute approximate surface area is 102 Å². The van der Waals surface area contributed by atoms with Crippen LogP contribution in [0, 0.1) is 5.41 Å². The molecule has 0 spiro atoms. The summed E-state index contributed by atoms with van der Waals surface area (Å²) < 4.78 is 0. The number of alkyl halides is 1. The quantitative estimate of drug-likeness (QED) is 0.331. The molecule has 0 nitrogen and oxygen atoms in total. The summed E-state index contributed by atoms with van der Waals surface area (Å²) in [5.74, 6) is 0.857. The molecule has 0 aliphatic carbocycles. The van der Waals surface area contributed by atoms with Gasteiger partial charge in [-0.3, -0.25) is 0 Å². The molecule has 0 amide bonds. The fourth-order valence-electron chi connectivity index (χ4n) is 2.19. The molecule has 0 saturated carbocycles. The van der Waals surface area contributed by atoms with Gasteiger partial charge in [-0.05, 0) is 24.7 Å². The molecule has 1 unspecified atom stereocenters. The molecule has 0 heterocycles. The molecule has 0 rings (SSSR count). The molecule has 15 heavy (non-hydrogen) atoms. The lowest BCUT2D eigenvalue weighted by Gasteiger charge is -2.30. The van der Waals surface area contributed by atoms with Crippen LogP contribution >= 0.6 is 11.6 Å². The van der Waals surface area contributed by atoms with Gasteiger partial charge in [0, 0.05) is 5.88 Å². The average molecular weight is 233 g/mol. The zero-order chi connectivity index (χ0) is 11.6. The Morgan fingerprint density at radius 1 is 0.800 bits per heavy atom. The predicted octanol–water partition coefficient (Wildman–Crippen LogP) is 5.78. The van der Waals surface area contributed by atoms with Crippen molar-refractivity contribution in [1.29, 1.82) is 0 Å². The molecule has 0 aliphatic heterocycles. The Balaban J connectivity index is 3.88. The number of unbranched alkanes of at least 4 members (excludes halogenated alkanes) is 4. The van der Waals surface area contributed by atoms with Crippen LogP contribution in [-0.2, 0) is 0 Å². The van der Waals surface area contributed by atoms with E-state index < -0.39 is 0 Å². The van der Waals surface area contributed by atoms with Gasteiger partial charge in [-0.1, -0.05) is 59.3 Å². The van der Waals surface area contributed by atoms with E-state index in [4.69, 9.17) is 11.6 Å². The first kappa shape index (κ1) is 15.3. The van der Waals surface area contributed by atoms with Crippen LogP contribution in [0.3, 0.4) is 0 Å². The van der Waals surface area contributed by atoms with E-state index in [0.717, 1.165) is 5.88 Å². The molecule has 0 aromatic carbocycles. The summed E-state index contributed by atoms with van der Waals surface area (Å²) >= 11 is 6.17. The molecule has 1 atom stereocenters. The molecular formula is C14H29Cl. The first-order valence-corrected chi connectivity index (χ1v) is 7.34. The van der Waals surface area contributed by atoms with Crippen molar-refractivity contribution in [2.45, 2.75) is 78.6 Å². The third-order valence-electron chi connectivity index (χ3n) is 3.65. The summed E-state index contributed by atoms with van der Waals surface area (Å²) in [5.41, 5.74) is 0.450.